The van der Waals surface area contributed by atoms with E-state index in [4.69, 9.17) is 11.6 Å². The van der Waals surface area contributed by atoms with Crippen LogP contribution in [0.5, 0.6) is 0 Å². The summed E-state index contributed by atoms with van der Waals surface area (Å²) in [4.78, 5) is 6.43. The molecule has 0 radical (unpaired) electrons. The number of halogens is 4. The Morgan fingerprint density at radius 3 is 2.58 bits per heavy atom. The van der Waals surface area contributed by atoms with Gasteiger partial charge in [-0.15, -0.1) is 22.9 Å². The average molecular weight is 313 g/mol. The quantitative estimate of drug-likeness (QED) is 0.788. The Hall–Kier alpha value is -0.330. The van der Waals surface area contributed by atoms with Crippen molar-refractivity contribution in [2.24, 2.45) is 5.92 Å². The Labute approximate surface area is 119 Å². The lowest BCUT2D eigenvalue weighted by Gasteiger charge is -2.32. The summed E-state index contributed by atoms with van der Waals surface area (Å²) in [6.07, 6.45) is -2.81. The zero-order valence-corrected chi connectivity index (χ0v) is 12.0. The van der Waals surface area contributed by atoms with E-state index in [0.717, 1.165) is 23.7 Å². The van der Waals surface area contributed by atoms with Gasteiger partial charge in [-0.05, 0) is 25.9 Å². The van der Waals surface area contributed by atoms with Crippen LogP contribution in [0.25, 0.3) is 0 Å². The summed E-state index contributed by atoms with van der Waals surface area (Å²) in [6.45, 7) is 1.83. The van der Waals surface area contributed by atoms with E-state index in [1.165, 1.54) is 0 Å². The predicted molar refractivity (Wildman–Crippen MR) is 70.6 cm³/mol. The molecule has 1 aromatic heterocycles. The van der Waals surface area contributed by atoms with Crippen molar-refractivity contribution in [2.45, 2.75) is 31.3 Å². The first-order chi connectivity index (χ1) is 8.99. The monoisotopic (exact) mass is 312 g/mol. The SMILES string of the molecule is FC(F)(F)C1CCN(CCc2nc(CCl)cs2)CC1. The van der Waals surface area contributed by atoms with Gasteiger partial charge in [0.2, 0.25) is 0 Å². The van der Waals surface area contributed by atoms with Crippen molar-refractivity contribution in [2.75, 3.05) is 19.6 Å². The highest BCUT2D eigenvalue weighted by atomic mass is 35.5. The largest absolute Gasteiger partial charge is 0.391 e. The number of likely N-dealkylation sites (tertiary alicyclic amines) is 1. The van der Waals surface area contributed by atoms with Crippen molar-refractivity contribution < 1.29 is 13.2 Å². The molecule has 1 fully saturated rings. The summed E-state index contributed by atoms with van der Waals surface area (Å²) in [5.41, 5.74) is 0.873. The van der Waals surface area contributed by atoms with E-state index in [9.17, 15) is 13.2 Å². The number of nitrogens with zero attached hydrogens (tertiary/aromatic N) is 2. The third-order valence-electron chi connectivity index (χ3n) is 3.43. The van der Waals surface area contributed by atoms with Crippen molar-refractivity contribution in [3.63, 3.8) is 0 Å². The summed E-state index contributed by atoms with van der Waals surface area (Å²) >= 11 is 7.24. The van der Waals surface area contributed by atoms with Crippen LogP contribution in [0.3, 0.4) is 0 Å². The van der Waals surface area contributed by atoms with Crippen LogP contribution in [0.4, 0.5) is 13.2 Å². The van der Waals surface area contributed by atoms with E-state index in [-0.39, 0.29) is 12.8 Å². The van der Waals surface area contributed by atoms with E-state index >= 15 is 0 Å². The summed E-state index contributed by atoms with van der Waals surface area (Å²) in [5.74, 6) is -0.709. The lowest BCUT2D eigenvalue weighted by molar-refractivity contribution is -0.185. The molecule has 0 unspecified atom stereocenters. The molecule has 0 amide bonds. The molecule has 0 atom stereocenters. The number of hydrogen-bond acceptors (Lipinski definition) is 3. The van der Waals surface area contributed by atoms with E-state index in [0.29, 0.717) is 19.0 Å². The molecule has 7 heteroatoms. The Bertz CT molecular complexity index is 400. The summed E-state index contributed by atoms with van der Waals surface area (Å²) < 4.78 is 37.6. The third-order valence-corrected chi connectivity index (χ3v) is 4.66. The Balaban J connectivity index is 1.74. The van der Waals surface area contributed by atoms with Crippen molar-refractivity contribution in [1.29, 1.82) is 0 Å². The molecule has 19 heavy (non-hydrogen) atoms. The lowest BCUT2D eigenvalue weighted by atomic mass is 9.96. The normalized spacial score (nSPS) is 18.9. The number of hydrogen-bond donors (Lipinski definition) is 0. The van der Waals surface area contributed by atoms with Crippen LogP contribution < -0.4 is 0 Å². The van der Waals surface area contributed by atoms with Gasteiger partial charge in [-0.25, -0.2) is 4.98 Å². The lowest BCUT2D eigenvalue weighted by Crippen LogP contribution is -2.39. The Morgan fingerprint density at radius 1 is 1.37 bits per heavy atom. The zero-order valence-electron chi connectivity index (χ0n) is 10.4. The molecule has 1 aliphatic rings. The predicted octanol–water partition coefficient (Wildman–Crippen LogP) is 3.70. The second-order valence-electron chi connectivity index (χ2n) is 4.77. The average Bonchev–Trinajstić information content (AvgIpc) is 2.84. The van der Waals surface area contributed by atoms with Crippen molar-refractivity contribution in [1.82, 2.24) is 9.88 Å². The maximum Gasteiger partial charge on any atom is 0.391 e. The molecule has 1 saturated heterocycles. The van der Waals surface area contributed by atoms with Gasteiger partial charge in [0.25, 0.3) is 0 Å². The standard InChI is InChI=1S/C12H16ClF3N2S/c13-7-10-8-19-11(17-10)3-6-18-4-1-9(2-5-18)12(14,15)16/h8-9H,1-7H2. The molecule has 2 rings (SSSR count). The van der Waals surface area contributed by atoms with E-state index < -0.39 is 12.1 Å². The molecule has 0 aromatic carbocycles. The molecule has 0 aliphatic carbocycles. The Morgan fingerprint density at radius 2 is 2.05 bits per heavy atom. The van der Waals surface area contributed by atoms with Gasteiger partial charge in [0.05, 0.1) is 22.5 Å². The summed E-state index contributed by atoms with van der Waals surface area (Å²) in [6, 6.07) is 0. The maximum atomic E-state index is 12.5. The van der Waals surface area contributed by atoms with Crippen molar-refractivity contribution >= 4 is 22.9 Å². The molecule has 2 heterocycles. The fraction of sp³-hybridized carbons (Fsp3) is 0.750. The van der Waals surface area contributed by atoms with Crippen LogP contribution >= 0.6 is 22.9 Å². The highest BCUT2D eigenvalue weighted by Gasteiger charge is 2.40. The van der Waals surface area contributed by atoms with Crippen LogP contribution in [0.15, 0.2) is 5.38 Å². The molecular formula is C12H16ClF3N2S. The summed E-state index contributed by atoms with van der Waals surface area (Å²) in [7, 11) is 0. The molecule has 2 nitrogen and oxygen atoms in total. The van der Waals surface area contributed by atoms with Crippen LogP contribution in [0.2, 0.25) is 0 Å². The van der Waals surface area contributed by atoms with Gasteiger partial charge < -0.3 is 4.90 Å². The third kappa shape index (κ3) is 4.33. The van der Waals surface area contributed by atoms with Gasteiger partial charge in [0.1, 0.15) is 0 Å². The number of aromatic nitrogens is 1. The number of piperidine rings is 1. The molecule has 0 bridgehead atoms. The fourth-order valence-electron chi connectivity index (χ4n) is 2.26. The molecule has 0 spiro atoms. The van der Waals surface area contributed by atoms with Crippen LogP contribution in [0, 0.1) is 5.92 Å². The van der Waals surface area contributed by atoms with E-state index in [1.54, 1.807) is 11.3 Å². The first kappa shape index (κ1) is 15.1. The smallest absolute Gasteiger partial charge is 0.303 e. The van der Waals surface area contributed by atoms with E-state index in [1.807, 2.05) is 5.38 Å². The minimum absolute atomic E-state index is 0.217. The second kappa shape index (κ2) is 6.41. The number of thiazole rings is 1. The molecule has 0 N–H and O–H groups in total. The Kier molecular flexibility index (Phi) is 5.09. The minimum atomic E-state index is -4.03. The van der Waals surface area contributed by atoms with E-state index in [2.05, 4.69) is 9.88 Å². The summed E-state index contributed by atoms with van der Waals surface area (Å²) in [5, 5.41) is 2.94. The maximum absolute atomic E-state index is 12.5. The number of rotatable bonds is 4. The molecule has 108 valence electrons. The highest BCUT2D eigenvalue weighted by molar-refractivity contribution is 7.09. The van der Waals surface area contributed by atoms with Crippen LogP contribution in [-0.2, 0) is 12.3 Å². The zero-order chi connectivity index (χ0) is 13.9. The topological polar surface area (TPSA) is 16.1 Å². The molecule has 1 aliphatic heterocycles. The first-order valence-corrected chi connectivity index (χ1v) is 7.69. The van der Waals surface area contributed by atoms with Crippen LogP contribution in [0.1, 0.15) is 23.5 Å². The van der Waals surface area contributed by atoms with Crippen LogP contribution in [-0.4, -0.2) is 35.7 Å². The van der Waals surface area contributed by atoms with Gasteiger partial charge >= 0.3 is 6.18 Å². The minimum Gasteiger partial charge on any atom is -0.303 e. The first-order valence-electron chi connectivity index (χ1n) is 6.27. The second-order valence-corrected chi connectivity index (χ2v) is 5.98. The van der Waals surface area contributed by atoms with Crippen molar-refractivity contribution in [3.05, 3.63) is 16.1 Å². The van der Waals surface area contributed by atoms with Gasteiger partial charge in [0, 0.05) is 18.3 Å². The molecular weight excluding hydrogens is 297 g/mol. The van der Waals surface area contributed by atoms with Gasteiger partial charge in [0.15, 0.2) is 0 Å². The van der Waals surface area contributed by atoms with Gasteiger partial charge in [-0.1, -0.05) is 0 Å². The molecule has 0 saturated carbocycles. The van der Waals surface area contributed by atoms with Gasteiger partial charge in [-0.3, -0.25) is 0 Å². The molecule has 1 aromatic rings. The fourth-order valence-corrected chi connectivity index (χ4v) is 3.28. The highest BCUT2D eigenvalue weighted by Crippen LogP contribution is 2.34. The van der Waals surface area contributed by atoms with Gasteiger partial charge in [-0.2, -0.15) is 13.2 Å². The number of alkyl halides is 4. The van der Waals surface area contributed by atoms with Crippen molar-refractivity contribution in [3.8, 4) is 0 Å².